The van der Waals surface area contributed by atoms with Gasteiger partial charge in [-0.25, -0.2) is 0 Å². The first kappa shape index (κ1) is 11.3. The lowest BCUT2D eigenvalue weighted by Gasteiger charge is -2.43. The number of piperazine rings is 1. The van der Waals surface area contributed by atoms with Crippen LogP contribution in [0.25, 0.3) is 0 Å². The second-order valence-corrected chi connectivity index (χ2v) is 4.49. The largest absolute Gasteiger partial charge is 0.394 e. The van der Waals surface area contributed by atoms with Crippen molar-refractivity contribution in [2.75, 3.05) is 52.4 Å². The minimum absolute atomic E-state index is 0.132. The van der Waals surface area contributed by atoms with Crippen molar-refractivity contribution in [3.05, 3.63) is 0 Å². The zero-order valence-corrected chi connectivity index (χ0v) is 9.10. The first-order chi connectivity index (χ1) is 7.29. The van der Waals surface area contributed by atoms with Crippen LogP contribution in [0, 0.1) is 0 Å². The second-order valence-electron chi connectivity index (χ2n) is 4.49. The summed E-state index contributed by atoms with van der Waals surface area (Å²) in [6, 6.07) is 0.731. The van der Waals surface area contributed by atoms with E-state index < -0.39 is 6.10 Å². The molecule has 0 saturated carbocycles. The standard InChI is InChI=1S/C10H21N3O2/c14-8-10(15)7-12-1-3-13(4-2-12)9-5-11-6-9/h9-11,14-15H,1-8H2. The van der Waals surface area contributed by atoms with E-state index in [0.29, 0.717) is 6.54 Å². The summed E-state index contributed by atoms with van der Waals surface area (Å²) in [5, 5.41) is 21.4. The van der Waals surface area contributed by atoms with Crippen LogP contribution in [0.5, 0.6) is 0 Å². The summed E-state index contributed by atoms with van der Waals surface area (Å²) in [4.78, 5) is 4.74. The summed E-state index contributed by atoms with van der Waals surface area (Å²) in [6.07, 6.45) is -0.582. The molecule has 0 aromatic heterocycles. The first-order valence-corrected chi connectivity index (χ1v) is 5.75. The number of hydrogen-bond donors (Lipinski definition) is 3. The summed E-state index contributed by atoms with van der Waals surface area (Å²) in [7, 11) is 0. The van der Waals surface area contributed by atoms with Crippen LogP contribution in [0.4, 0.5) is 0 Å². The van der Waals surface area contributed by atoms with E-state index in [1.807, 2.05) is 0 Å². The Hall–Kier alpha value is -0.200. The van der Waals surface area contributed by atoms with Crippen molar-refractivity contribution in [3.63, 3.8) is 0 Å². The van der Waals surface area contributed by atoms with Gasteiger partial charge in [0.15, 0.2) is 0 Å². The molecular weight excluding hydrogens is 194 g/mol. The predicted octanol–water partition coefficient (Wildman–Crippen LogP) is -2.07. The number of β-amino-alcohol motifs (C(OH)–C–C–N with tert-alkyl or cyclic N) is 1. The van der Waals surface area contributed by atoms with E-state index in [1.165, 1.54) is 0 Å². The third kappa shape index (κ3) is 2.89. The molecule has 1 atom stereocenters. The van der Waals surface area contributed by atoms with Gasteiger partial charge in [0.2, 0.25) is 0 Å². The lowest BCUT2D eigenvalue weighted by atomic mass is 10.1. The Morgan fingerprint density at radius 2 is 1.87 bits per heavy atom. The van der Waals surface area contributed by atoms with Crippen molar-refractivity contribution in [3.8, 4) is 0 Å². The van der Waals surface area contributed by atoms with Gasteiger partial charge in [-0.15, -0.1) is 0 Å². The molecule has 5 heteroatoms. The third-order valence-electron chi connectivity index (χ3n) is 3.36. The molecule has 5 nitrogen and oxygen atoms in total. The van der Waals surface area contributed by atoms with Gasteiger partial charge in [-0.05, 0) is 0 Å². The minimum atomic E-state index is -0.582. The van der Waals surface area contributed by atoms with E-state index in [-0.39, 0.29) is 6.61 Å². The highest BCUT2D eigenvalue weighted by Gasteiger charge is 2.27. The predicted molar refractivity (Wildman–Crippen MR) is 57.8 cm³/mol. The van der Waals surface area contributed by atoms with Gasteiger partial charge in [-0.3, -0.25) is 9.80 Å². The Bertz CT molecular complexity index is 191. The number of nitrogens with one attached hydrogen (secondary N) is 1. The highest BCUT2D eigenvalue weighted by Crippen LogP contribution is 2.09. The molecule has 2 heterocycles. The van der Waals surface area contributed by atoms with Crippen molar-refractivity contribution in [2.24, 2.45) is 0 Å². The summed E-state index contributed by atoms with van der Waals surface area (Å²) < 4.78 is 0. The monoisotopic (exact) mass is 215 g/mol. The fourth-order valence-electron chi connectivity index (χ4n) is 2.20. The molecule has 1 unspecified atom stereocenters. The van der Waals surface area contributed by atoms with E-state index in [0.717, 1.165) is 45.3 Å². The zero-order chi connectivity index (χ0) is 10.7. The smallest absolute Gasteiger partial charge is 0.0897 e. The number of aliphatic hydroxyl groups excluding tert-OH is 2. The van der Waals surface area contributed by atoms with Gasteiger partial charge >= 0.3 is 0 Å². The van der Waals surface area contributed by atoms with E-state index in [1.54, 1.807) is 0 Å². The number of hydrogen-bond acceptors (Lipinski definition) is 5. The molecule has 15 heavy (non-hydrogen) atoms. The molecule has 0 bridgehead atoms. The van der Waals surface area contributed by atoms with Gasteiger partial charge in [0.1, 0.15) is 0 Å². The van der Waals surface area contributed by atoms with Crippen molar-refractivity contribution in [2.45, 2.75) is 12.1 Å². The third-order valence-corrected chi connectivity index (χ3v) is 3.36. The normalized spacial score (nSPS) is 27.6. The Morgan fingerprint density at radius 3 is 2.33 bits per heavy atom. The average Bonchev–Trinajstić information content (AvgIpc) is 2.18. The van der Waals surface area contributed by atoms with Crippen molar-refractivity contribution in [1.82, 2.24) is 15.1 Å². The van der Waals surface area contributed by atoms with Crippen LogP contribution in [-0.2, 0) is 0 Å². The topological polar surface area (TPSA) is 59.0 Å². The molecule has 0 amide bonds. The Morgan fingerprint density at radius 1 is 1.20 bits per heavy atom. The van der Waals surface area contributed by atoms with Gasteiger partial charge in [-0.1, -0.05) is 0 Å². The Labute approximate surface area is 90.7 Å². The molecule has 0 aromatic rings. The molecule has 0 aliphatic carbocycles. The summed E-state index contributed by atoms with van der Waals surface area (Å²) in [6.45, 7) is 6.91. The van der Waals surface area contributed by atoms with Crippen LogP contribution in [0.15, 0.2) is 0 Å². The van der Waals surface area contributed by atoms with E-state index in [4.69, 9.17) is 5.11 Å². The van der Waals surface area contributed by atoms with Crippen LogP contribution >= 0.6 is 0 Å². The van der Waals surface area contributed by atoms with Crippen LogP contribution in [-0.4, -0.2) is 84.6 Å². The molecule has 2 saturated heterocycles. The van der Waals surface area contributed by atoms with Crippen molar-refractivity contribution < 1.29 is 10.2 Å². The maximum Gasteiger partial charge on any atom is 0.0897 e. The molecule has 2 aliphatic heterocycles. The average molecular weight is 215 g/mol. The minimum Gasteiger partial charge on any atom is -0.394 e. The fraction of sp³-hybridized carbons (Fsp3) is 1.00. The van der Waals surface area contributed by atoms with Crippen LogP contribution in [0.2, 0.25) is 0 Å². The van der Waals surface area contributed by atoms with Gasteiger partial charge in [0.05, 0.1) is 12.7 Å². The van der Waals surface area contributed by atoms with E-state index in [9.17, 15) is 5.11 Å². The highest BCUT2D eigenvalue weighted by atomic mass is 16.3. The Balaban J connectivity index is 1.67. The number of rotatable bonds is 4. The SMILES string of the molecule is OCC(O)CN1CCN(C2CNC2)CC1. The molecule has 3 N–H and O–H groups in total. The first-order valence-electron chi connectivity index (χ1n) is 5.75. The quantitative estimate of drug-likeness (QED) is 0.503. The van der Waals surface area contributed by atoms with Gasteiger partial charge in [0.25, 0.3) is 0 Å². The fourth-order valence-corrected chi connectivity index (χ4v) is 2.20. The maximum atomic E-state index is 9.33. The molecule has 2 aliphatic rings. The van der Waals surface area contributed by atoms with Crippen LogP contribution in [0.3, 0.4) is 0 Å². The summed E-state index contributed by atoms with van der Waals surface area (Å²) in [5.74, 6) is 0. The van der Waals surface area contributed by atoms with Crippen molar-refractivity contribution >= 4 is 0 Å². The molecular formula is C10H21N3O2. The molecule has 0 spiro atoms. The van der Waals surface area contributed by atoms with Crippen molar-refractivity contribution in [1.29, 1.82) is 0 Å². The molecule has 0 aromatic carbocycles. The number of nitrogens with zero attached hydrogens (tertiary/aromatic N) is 2. The Kier molecular flexibility index (Phi) is 3.93. The number of aliphatic hydroxyl groups is 2. The molecule has 2 fully saturated rings. The highest BCUT2D eigenvalue weighted by molar-refractivity contribution is 4.87. The lowest BCUT2D eigenvalue weighted by molar-refractivity contribution is 0.0244. The second kappa shape index (κ2) is 5.23. The molecule has 2 rings (SSSR count). The van der Waals surface area contributed by atoms with E-state index >= 15 is 0 Å². The van der Waals surface area contributed by atoms with Crippen LogP contribution in [0.1, 0.15) is 0 Å². The summed E-state index contributed by atoms with van der Waals surface area (Å²) in [5.41, 5.74) is 0. The van der Waals surface area contributed by atoms with E-state index in [2.05, 4.69) is 15.1 Å². The van der Waals surface area contributed by atoms with Gasteiger partial charge in [-0.2, -0.15) is 0 Å². The summed E-state index contributed by atoms with van der Waals surface area (Å²) >= 11 is 0. The van der Waals surface area contributed by atoms with Gasteiger partial charge < -0.3 is 15.5 Å². The van der Waals surface area contributed by atoms with Gasteiger partial charge in [0, 0.05) is 51.9 Å². The maximum absolute atomic E-state index is 9.33. The molecule has 0 radical (unpaired) electrons. The van der Waals surface area contributed by atoms with Crippen LogP contribution < -0.4 is 5.32 Å². The molecule has 88 valence electrons. The zero-order valence-electron chi connectivity index (χ0n) is 9.10. The lowest BCUT2D eigenvalue weighted by Crippen LogP contribution is -2.62.